The summed E-state index contributed by atoms with van der Waals surface area (Å²) in [6, 6.07) is 6.32. The van der Waals surface area contributed by atoms with Crippen molar-refractivity contribution in [1.29, 1.82) is 0 Å². The van der Waals surface area contributed by atoms with Gasteiger partial charge in [0.1, 0.15) is 13.2 Å². The second-order valence-electron chi connectivity index (χ2n) is 6.98. The molecule has 1 aromatic rings. The molecule has 1 aromatic carbocycles. The summed E-state index contributed by atoms with van der Waals surface area (Å²) in [5.41, 5.74) is 1.13. The first-order chi connectivity index (χ1) is 12.8. The van der Waals surface area contributed by atoms with Gasteiger partial charge in [0, 0.05) is 58.9 Å². The lowest BCUT2D eigenvalue weighted by atomic mass is 10.2. The smallest absolute Gasteiger partial charge is 0.320 e. The molecule has 26 heavy (non-hydrogen) atoms. The lowest BCUT2D eigenvalue weighted by Crippen LogP contribution is -2.49. The number of fused-ring (bicyclic) bond motifs is 1. The number of anilines is 1. The van der Waals surface area contributed by atoms with E-state index in [-0.39, 0.29) is 6.03 Å². The molecule has 0 saturated carbocycles. The van der Waals surface area contributed by atoms with Crippen LogP contribution in [-0.2, 0) is 0 Å². The summed E-state index contributed by atoms with van der Waals surface area (Å²) < 4.78 is 11.5. The van der Waals surface area contributed by atoms with Crippen molar-refractivity contribution in [2.75, 3.05) is 77.0 Å². The van der Waals surface area contributed by atoms with E-state index < -0.39 is 0 Å². The first-order valence-electron chi connectivity index (χ1n) is 9.66. The van der Waals surface area contributed by atoms with E-state index in [9.17, 15) is 4.79 Å². The van der Waals surface area contributed by atoms with Crippen LogP contribution in [0.4, 0.5) is 10.5 Å². The third-order valence-electron chi connectivity index (χ3n) is 5.51. The number of ether oxygens (including phenoxy) is 2. The molecule has 3 aliphatic heterocycles. The van der Waals surface area contributed by atoms with Gasteiger partial charge in [-0.1, -0.05) is 6.07 Å². The zero-order valence-corrected chi connectivity index (χ0v) is 15.5. The Bertz CT molecular complexity index is 646. The van der Waals surface area contributed by atoms with E-state index in [1.807, 2.05) is 28.9 Å². The Morgan fingerprint density at radius 1 is 0.923 bits per heavy atom. The van der Waals surface area contributed by atoms with Crippen molar-refractivity contribution in [1.82, 2.24) is 14.7 Å². The number of para-hydroxylation sites is 1. The first-order valence-corrected chi connectivity index (χ1v) is 9.66. The zero-order chi connectivity index (χ0) is 17.9. The van der Waals surface area contributed by atoms with Gasteiger partial charge in [0.05, 0.1) is 5.69 Å². The maximum Gasteiger partial charge on any atom is 0.320 e. The number of urea groups is 1. The third-order valence-corrected chi connectivity index (χ3v) is 5.51. The van der Waals surface area contributed by atoms with Gasteiger partial charge in [0.2, 0.25) is 0 Å². The first kappa shape index (κ1) is 17.3. The Labute approximate surface area is 155 Å². The quantitative estimate of drug-likeness (QED) is 0.793. The number of carbonyl (C=O) groups excluding carboxylic acids is 1. The lowest BCUT2D eigenvalue weighted by molar-refractivity contribution is 0.170. The number of carbonyl (C=O) groups is 1. The largest absolute Gasteiger partial charge is 0.486 e. The number of hydrogen-bond acceptors (Lipinski definition) is 5. The maximum absolute atomic E-state index is 12.2. The Kier molecular flexibility index (Phi) is 5.06. The van der Waals surface area contributed by atoms with Crippen LogP contribution in [0.25, 0.3) is 0 Å². The van der Waals surface area contributed by atoms with E-state index in [0.29, 0.717) is 13.2 Å². The van der Waals surface area contributed by atoms with Gasteiger partial charge in [-0.05, 0) is 19.1 Å². The highest BCUT2D eigenvalue weighted by molar-refractivity contribution is 5.76. The third kappa shape index (κ3) is 3.40. The van der Waals surface area contributed by atoms with Crippen molar-refractivity contribution in [3.05, 3.63) is 18.2 Å². The molecule has 2 fully saturated rings. The summed E-state index contributed by atoms with van der Waals surface area (Å²) in [5, 5.41) is 0. The van der Waals surface area contributed by atoms with Crippen molar-refractivity contribution >= 4 is 11.7 Å². The van der Waals surface area contributed by atoms with Crippen LogP contribution in [-0.4, -0.2) is 92.8 Å². The highest BCUT2D eigenvalue weighted by Crippen LogP contribution is 2.39. The number of likely N-dealkylation sites (N-methyl/N-ethyl adjacent to an activating group) is 1. The van der Waals surface area contributed by atoms with Crippen LogP contribution in [0.3, 0.4) is 0 Å². The number of nitrogens with zero attached hydrogens (tertiary/aromatic N) is 4. The van der Waals surface area contributed by atoms with Gasteiger partial charge in [-0.3, -0.25) is 4.90 Å². The van der Waals surface area contributed by atoms with Crippen molar-refractivity contribution in [2.45, 2.75) is 6.92 Å². The van der Waals surface area contributed by atoms with Crippen LogP contribution in [0.15, 0.2) is 18.2 Å². The molecule has 0 unspecified atom stereocenters. The summed E-state index contributed by atoms with van der Waals surface area (Å²) in [4.78, 5) is 20.9. The summed E-state index contributed by atoms with van der Waals surface area (Å²) in [6.07, 6.45) is 0. The lowest BCUT2D eigenvalue weighted by Gasteiger charge is -2.37. The number of rotatable bonds is 5. The minimum absolute atomic E-state index is 0.194. The van der Waals surface area contributed by atoms with Gasteiger partial charge >= 0.3 is 6.03 Å². The van der Waals surface area contributed by atoms with Gasteiger partial charge in [-0.25, -0.2) is 4.79 Å². The van der Waals surface area contributed by atoms with E-state index >= 15 is 0 Å². The topological polar surface area (TPSA) is 48.5 Å². The molecule has 7 nitrogen and oxygen atoms in total. The molecular weight excluding hydrogens is 332 g/mol. The highest BCUT2D eigenvalue weighted by Gasteiger charge is 2.28. The molecule has 0 atom stereocenters. The molecule has 0 bridgehead atoms. The summed E-state index contributed by atoms with van der Waals surface area (Å²) >= 11 is 0. The molecular formula is C19H28N4O3. The standard InChI is InChI=1S/C19H28N4O3/c1-2-21-12-13-23(19(21)24)11-8-20-6-9-22(10-7-20)16-4-3-5-17-18(16)26-15-14-25-17/h3-5H,2,6-15H2,1H3. The molecule has 4 rings (SSSR count). The maximum atomic E-state index is 12.2. The van der Waals surface area contributed by atoms with Crippen LogP contribution >= 0.6 is 0 Å². The van der Waals surface area contributed by atoms with E-state index in [0.717, 1.165) is 76.1 Å². The molecule has 2 amide bonds. The second kappa shape index (κ2) is 7.61. The molecule has 2 saturated heterocycles. The van der Waals surface area contributed by atoms with Crippen LogP contribution in [0.5, 0.6) is 11.5 Å². The van der Waals surface area contributed by atoms with Gasteiger partial charge < -0.3 is 24.2 Å². The summed E-state index contributed by atoms with van der Waals surface area (Å²) in [7, 11) is 0. The van der Waals surface area contributed by atoms with Crippen molar-refractivity contribution in [2.24, 2.45) is 0 Å². The average Bonchev–Trinajstić information content (AvgIpc) is 3.06. The minimum atomic E-state index is 0.194. The van der Waals surface area contributed by atoms with Gasteiger partial charge in [-0.2, -0.15) is 0 Å². The molecule has 0 aromatic heterocycles. The molecule has 142 valence electrons. The molecule has 0 aliphatic carbocycles. The molecule has 3 heterocycles. The molecule has 0 N–H and O–H groups in total. The Morgan fingerprint density at radius 3 is 2.46 bits per heavy atom. The predicted octanol–water partition coefficient (Wildman–Crippen LogP) is 1.34. The number of piperazine rings is 1. The highest BCUT2D eigenvalue weighted by atomic mass is 16.6. The van der Waals surface area contributed by atoms with Gasteiger partial charge in [0.25, 0.3) is 0 Å². The van der Waals surface area contributed by atoms with Gasteiger partial charge in [0.15, 0.2) is 11.5 Å². The van der Waals surface area contributed by atoms with Gasteiger partial charge in [-0.15, -0.1) is 0 Å². The van der Waals surface area contributed by atoms with Crippen LogP contribution in [0, 0.1) is 0 Å². The zero-order valence-electron chi connectivity index (χ0n) is 15.5. The number of amides is 2. The monoisotopic (exact) mass is 360 g/mol. The number of benzene rings is 1. The minimum Gasteiger partial charge on any atom is -0.486 e. The van der Waals surface area contributed by atoms with Crippen molar-refractivity contribution in [3.63, 3.8) is 0 Å². The SMILES string of the molecule is CCN1CCN(CCN2CCN(c3cccc4c3OCCO4)CC2)C1=O. The van der Waals surface area contributed by atoms with E-state index in [1.54, 1.807) is 0 Å². The van der Waals surface area contributed by atoms with E-state index in [2.05, 4.69) is 15.9 Å². The Balaban J connectivity index is 1.29. The fourth-order valence-corrected chi connectivity index (χ4v) is 3.92. The fourth-order valence-electron chi connectivity index (χ4n) is 3.92. The predicted molar refractivity (Wildman–Crippen MR) is 100 cm³/mol. The summed E-state index contributed by atoms with van der Waals surface area (Å²) in [5.74, 6) is 1.73. The van der Waals surface area contributed by atoms with E-state index in [1.165, 1.54) is 0 Å². The molecule has 0 radical (unpaired) electrons. The number of hydrogen-bond donors (Lipinski definition) is 0. The van der Waals surface area contributed by atoms with Crippen LogP contribution in [0.2, 0.25) is 0 Å². The second-order valence-corrected chi connectivity index (χ2v) is 6.98. The fraction of sp³-hybridized carbons (Fsp3) is 0.632. The van der Waals surface area contributed by atoms with Crippen LogP contribution in [0.1, 0.15) is 6.92 Å². The summed E-state index contributed by atoms with van der Waals surface area (Å²) in [6.45, 7) is 11.5. The van der Waals surface area contributed by atoms with Crippen molar-refractivity contribution in [3.8, 4) is 11.5 Å². The Morgan fingerprint density at radius 2 is 1.69 bits per heavy atom. The van der Waals surface area contributed by atoms with E-state index in [4.69, 9.17) is 9.47 Å². The Hall–Kier alpha value is -2.15. The van der Waals surface area contributed by atoms with Crippen LogP contribution < -0.4 is 14.4 Å². The molecule has 3 aliphatic rings. The molecule has 0 spiro atoms. The average molecular weight is 360 g/mol. The van der Waals surface area contributed by atoms with Crippen molar-refractivity contribution < 1.29 is 14.3 Å². The molecule has 7 heteroatoms. The normalized spacial score (nSPS) is 20.8.